The average molecular weight is 263 g/mol. The SMILES string of the molecule is COc1ccc(O)c(CNC(C)c2cccs2)c1. The van der Waals surface area contributed by atoms with E-state index < -0.39 is 0 Å². The summed E-state index contributed by atoms with van der Waals surface area (Å²) in [6.45, 7) is 2.73. The van der Waals surface area contributed by atoms with Crippen LogP contribution >= 0.6 is 11.3 Å². The predicted octanol–water partition coefficient (Wildman–Crippen LogP) is 3.31. The number of phenols is 1. The molecule has 0 bridgehead atoms. The van der Waals surface area contributed by atoms with Crippen LogP contribution in [0, 0.1) is 0 Å². The van der Waals surface area contributed by atoms with Crippen molar-refractivity contribution in [3.05, 3.63) is 46.2 Å². The summed E-state index contributed by atoms with van der Waals surface area (Å²) in [6, 6.07) is 9.68. The van der Waals surface area contributed by atoms with Gasteiger partial charge in [-0.1, -0.05) is 6.07 Å². The zero-order chi connectivity index (χ0) is 13.0. The van der Waals surface area contributed by atoms with Crippen LogP contribution in [-0.2, 0) is 6.54 Å². The summed E-state index contributed by atoms with van der Waals surface area (Å²) in [4.78, 5) is 1.29. The number of aromatic hydroxyl groups is 1. The van der Waals surface area contributed by atoms with Gasteiger partial charge in [-0.25, -0.2) is 0 Å². The summed E-state index contributed by atoms with van der Waals surface area (Å²) in [6.07, 6.45) is 0. The third kappa shape index (κ3) is 3.03. The zero-order valence-electron chi connectivity index (χ0n) is 10.5. The maximum Gasteiger partial charge on any atom is 0.120 e. The molecule has 96 valence electrons. The van der Waals surface area contributed by atoms with E-state index in [9.17, 15) is 5.11 Å². The van der Waals surface area contributed by atoms with Gasteiger partial charge in [0.25, 0.3) is 0 Å². The fraction of sp³-hybridized carbons (Fsp3) is 0.286. The lowest BCUT2D eigenvalue weighted by atomic mass is 10.1. The van der Waals surface area contributed by atoms with E-state index in [1.54, 1.807) is 30.6 Å². The molecule has 1 unspecified atom stereocenters. The van der Waals surface area contributed by atoms with Gasteiger partial charge in [-0.2, -0.15) is 0 Å². The maximum absolute atomic E-state index is 9.78. The highest BCUT2D eigenvalue weighted by Gasteiger charge is 2.08. The number of methoxy groups -OCH3 is 1. The van der Waals surface area contributed by atoms with Crippen LogP contribution in [0.2, 0.25) is 0 Å². The van der Waals surface area contributed by atoms with Gasteiger partial charge in [-0.05, 0) is 36.6 Å². The van der Waals surface area contributed by atoms with E-state index in [1.165, 1.54) is 4.88 Å². The molecular formula is C14H17NO2S. The second-order valence-electron chi connectivity index (χ2n) is 4.11. The number of benzene rings is 1. The van der Waals surface area contributed by atoms with E-state index in [1.807, 2.05) is 12.1 Å². The summed E-state index contributed by atoms with van der Waals surface area (Å²) in [5.74, 6) is 1.05. The zero-order valence-corrected chi connectivity index (χ0v) is 11.3. The first-order valence-electron chi connectivity index (χ1n) is 5.83. The molecule has 0 aliphatic rings. The number of hydrogen-bond donors (Lipinski definition) is 2. The van der Waals surface area contributed by atoms with Gasteiger partial charge in [0.2, 0.25) is 0 Å². The molecule has 1 heterocycles. The number of thiophene rings is 1. The molecule has 0 aliphatic heterocycles. The van der Waals surface area contributed by atoms with Crippen LogP contribution in [-0.4, -0.2) is 12.2 Å². The Morgan fingerprint density at radius 1 is 1.39 bits per heavy atom. The van der Waals surface area contributed by atoms with Crippen molar-refractivity contribution in [2.45, 2.75) is 19.5 Å². The molecule has 0 radical (unpaired) electrons. The number of nitrogens with one attached hydrogen (secondary N) is 1. The van der Waals surface area contributed by atoms with Crippen LogP contribution in [0.15, 0.2) is 35.7 Å². The fourth-order valence-corrected chi connectivity index (χ4v) is 2.49. The smallest absolute Gasteiger partial charge is 0.120 e. The summed E-state index contributed by atoms with van der Waals surface area (Å²) in [5, 5.41) is 15.2. The van der Waals surface area contributed by atoms with E-state index in [2.05, 4.69) is 23.7 Å². The van der Waals surface area contributed by atoms with Crippen LogP contribution in [0.1, 0.15) is 23.4 Å². The minimum Gasteiger partial charge on any atom is -0.508 e. The van der Waals surface area contributed by atoms with Crippen LogP contribution in [0.25, 0.3) is 0 Å². The van der Waals surface area contributed by atoms with Crippen molar-refractivity contribution >= 4 is 11.3 Å². The molecule has 1 aromatic heterocycles. The second kappa shape index (κ2) is 5.89. The molecule has 2 rings (SSSR count). The minimum absolute atomic E-state index is 0.274. The van der Waals surface area contributed by atoms with Crippen molar-refractivity contribution in [1.29, 1.82) is 0 Å². The first-order valence-corrected chi connectivity index (χ1v) is 6.71. The molecule has 0 amide bonds. The van der Waals surface area contributed by atoms with Gasteiger partial charge in [0.05, 0.1) is 7.11 Å². The molecule has 0 spiro atoms. The number of phenolic OH excluding ortho intramolecular Hbond substituents is 1. The molecule has 1 atom stereocenters. The van der Waals surface area contributed by atoms with Crippen molar-refractivity contribution in [1.82, 2.24) is 5.32 Å². The van der Waals surface area contributed by atoms with Gasteiger partial charge in [-0.15, -0.1) is 11.3 Å². The topological polar surface area (TPSA) is 41.5 Å². The molecule has 0 fully saturated rings. The third-order valence-electron chi connectivity index (χ3n) is 2.86. The van der Waals surface area contributed by atoms with Crippen molar-refractivity contribution < 1.29 is 9.84 Å². The highest BCUT2D eigenvalue weighted by Crippen LogP contribution is 2.24. The Labute approximate surface area is 111 Å². The van der Waals surface area contributed by atoms with Crippen LogP contribution in [0.5, 0.6) is 11.5 Å². The molecule has 4 heteroatoms. The van der Waals surface area contributed by atoms with Crippen LogP contribution in [0.3, 0.4) is 0 Å². The first kappa shape index (κ1) is 12.9. The number of ether oxygens (including phenoxy) is 1. The lowest BCUT2D eigenvalue weighted by Gasteiger charge is -2.13. The van der Waals surface area contributed by atoms with Crippen molar-refractivity contribution in [3.8, 4) is 11.5 Å². The molecule has 2 N–H and O–H groups in total. The Morgan fingerprint density at radius 2 is 2.22 bits per heavy atom. The molecule has 3 nitrogen and oxygen atoms in total. The highest BCUT2D eigenvalue weighted by atomic mass is 32.1. The van der Waals surface area contributed by atoms with Crippen molar-refractivity contribution in [2.24, 2.45) is 0 Å². The second-order valence-corrected chi connectivity index (χ2v) is 5.09. The Balaban J connectivity index is 2.01. The van der Waals surface area contributed by atoms with Gasteiger partial charge in [-0.3, -0.25) is 0 Å². The van der Waals surface area contributed by atoms with Crippen molar-refractivity contribution in [2.75, 3.05) is 7.11 Å². The standard InChI is InChI=1S/C14H17NO2S/c1-10(14-4-3-7-18-14)15-9-11-8-12(17-2)5-6-13(11)16/h3-8,10,15-16H,9H2,1-2H3. The largest absolute Gasteiger partial charge is 0.508 e. The summed E-state index contributed by atoms with van der Waals surface area (Å²) in [7, 11) is 1.62. The Bertz CT molecular complexity index is 497. The van der Waals surface area contributed by atoms with Crippen molar-refractivity contribution in [3.63, 3.8) is 0 Å². The fourth-order valence-electron chi connectivity index (χ4n) is 1.73. The van der Waals surface area contributed by atoms with E-state index in [0.717, 1.165) is 11.3 Å². The molecule has 0 saturated heterocycles. The van der Waals surface area contributed by atoms with Gasteiger partial charge in [0, 0.05) is 23.0 Å². The molecule has 0 aliphatic carbocycles. The molecule has 1 aromatic carbocycles. The normalized spacial score (nSPS) is 12.3. The van der Waals surface area contributed by atoms with E-state index in [0.29, 0.717) is 12.3 Å². The monoisotopic (exact) mass is 263 g/mol. The Morgan fingerprint density at radius 3 is 2.89 bits per heavy atom. The van der Waals surface area contributed by atoms with Gasteiger partial charge < -0.3 is 15.2 Å². The highest BCUT2D eigenvalue weighted by molar-refractivity contribution is 7.10. The third-order valence-corrected chi connectivity index (χ3v) is 3.91. The van der Waals surface area contributed by atoms with Crippen LogP contribution < -0.4 is 10.1 Å². The Hall–Kier alpha value is -1.52. The van der Waals surface area contributed by atoms with Gasteiger partial charge >= 0.3 is 0 Å². The van der Waals surface area contributed by atoms with Crippen LogP contribution in [0.4, 0.5) is 0 Å². The maximum atomic E-state index is 9.78. The number of rotatable bonds is 5. The number of hydrogen-bond acceptors (Lipinski definition) is 4. The molecule has 0 saturated carbocycles. The van der Waals surface area contributed by atoms with E-state index in [-0.39, 0.29) is 6.04 Å². The summed E-state index contributed by atoms with van der Waals surface area (Å²) >= 11 is 1.73. The predicted molar refractivity (Wildman–Crippen MR) is 74.2 cm³/mol. The quantitative estimate of drug-likeness (QED) is 0.869. The molecule has 2 aromatic rings. The molecule has 18 heavy (non-hydrogen) atoms. The Kier molecular flexibility index (Phi) is 4.23. The van der Waals surface area contributed by atoms with E-state index >= 15 is 0 Å². The average Bonchev–Trinajstić information content (AvgIpc) is 2.91. The van der Waals surface area contributed by atoms with Gasteiger partial charge in [0.15, 0.2) is 0 Å². The van der Waals surface area contributed by atoms with E-state index in [4.69, 9.17) is 4.74 Å². The minimum atomic E-state index is 0.274. The lowest BCUT2D eigenvalue weighted by molar-refractivity contribution is 0.409. The molecular weight excluding hydrogens is 246 g/mol. The summed E-state index contributed by atoms with van der Waals surface area (Å²) < 4.78 is 5.15. The summed E-state index contributed by atoms with van der Waals surface area (Å²) in [5.41, 5.74) is 0.845. The first-order chi connectivity index (χ1) is 8.70. The van der Waals surface area contributed by atoms with Gasteiger partial charge in [0.1, 0.15) is 11.5 Å². The lowest BCUT2D eigenvalue weighted by Crippen LogP contribution is -2.17.